The van der Waals surface area contributed by atoms with Gasteiger partial charge in [0.25, 0.3) is 5.91 Å². The smallest absolute Gasteiger partial charge is 0.266 e. The molecule has 6 nitrogen and oxygen atoms in total. The molecule has 0 unspecified atom stereocenters. The van der Waals surface area contributed by atoms with Gasteiger partial charge in [0, 0.05) is 10.2 Å². The van der Waals surface area contributed by atoms with Gasteiger partial charge < -0.3 is 19.9 Å². The average Bonchev–Trinajstić information content (AvgIpc) is 2.61. The number of methoxy groups -OCH3 is 2. The van der Waals surface area contributed by atoms with E-state index in [1.807, 2.05) is 6.07 Å². The number of rotatable bonds is 5. The van der Waals surface area contributed by atoms with Crippen molar-refractivity contribution in [2.45, 2.75) is 0 Å². The van der Waals surface area contributed by atoms with E-state index >= 15 is 0 Å². The lowest BCUT2D eigenvalue weighted by atomic mass is 10.1. The first-order valence-electron chi connectivity index (χ1n) is 7.12. The normalized spacial score (nSPS) is 10.7. The molecule has 0 aromatic heterocycles. The number of carbonyl (C=O) groups excluding carboxylic acids is 1. The van der Waals surface area contributed by atoms with Crippen LogP contribution in [0.4, 0.5) is 5.69 Å². The number of benzene rings is 2. The van der Waals surface area contributed by atoms with Crippen molar-refractivity contribution in [2.75, 3.05) is 19.5 Å². The first kappa shape index (κ1) is 18.4. The lowest BCUT2D eigenvalue weighted by molar-refractivity contribution is -0.112. The van der Waals surface area contributed by atoms with Crippen LogP contribution in [0, 0.1) is 11.3 Å². The van der Waals surface area contributed by atoms with E-state index in [1.165, 1.54) is 25.3 Å². The summed E-state index contributed by atoms with van der Waals surface area (Å²) >= 11 is 3.28. The molecule has 2 rings (SSSR count). The Kier molecular flexibility index (Phi) is 6.03. The Morgan fingerprint density at radius 1 is 1.24 bits per heavy atom. The Morgan fingerprint density at radius 2 is 1.92 bits per heavy atom. The first-order valence-corrected chi connectivity index (χ1v) is 7.91. The van der Waals surface area contributed by atoms with Gasteiger partial charge in [-0.3, -0.25) is 4.79 Å². The van der Waals surface area contributed by atoms with Crippen LogP contribution in [0.1, 0.15) is 5.56 Å². The quantitative estimate of drug-likeness (QED) is 0.587. The van der Waals surface area contributed by atoms with Gasteiger partial charge in [-0.15, -0.1) is 0 Å². The van der Waals surface area contributed by atoms with Gasteiger partial charge in [-0.2, -0.15) is 5.26 Å². The van der Waals surface area contributed by atoms with Crippen LogP contribution in [0.5, 0.6) is 17.2 Å². The molecule has 2 aromatic carbocycles. The molecule has 2 N–H and O–H groups in total. The number of anilines is 1. The summed E-state index contributed by atoms with van der Waals surface area (Å²) in [5.74, 6) is 0.302. The zero-order valence-electron chi connectivity index (χ0n) is 13.5. The fourth-order valence-corrected chi connectivity index (χ4v) is 2.46. The van der Waals surface area contributed by atoms with Crippen molar-refractivity contribution < 1.29 is 19.4 Å². The van der Waals surface area contributed by atoms with Gasteiger partial charge in [0.2, 0.25) is 0 Å². The molecular formula is C18H15BrN2O4. The van der Waals surface area contributed by atoms with Crippen molar-refractivity contribution in [2.24, 2.45) is 0 Å². The number of aromatic hydroxyl groups is 1. The number of nitrogens with one attached hydrogen (secondary N) is 1. The number of halogens is 1. The van der Waals surface area contributed by atoms with Gasteiger partial charge in [-0.05, 0) is 48.0 Å². The minimum Gasteiger partial charge on any atom is -0.504 e. The van der Waals surface area contributed by atoms with Crippen molar-refractivity contribution in [3.8, 4) is 23.3 Å². The topological polar surface area (TPSA) is 91.6 Å². The summed E-state index contributed by atoms with van der Waals surface area (Å²) < 4.78 is 10.6. The molecule has 0 bridgehead atoms. The number of hydrogen-bond acceptors (Lipinski definition) is 5. The van der Waals surface area contributed by atoms with E-state index < -0.39 is 5.91 Å². The second kappa shape index (κ2) is 8.22. The summed E-state index contributed by atoms with van der Waals surface area (Å²) in [5.41, 5.74) is 0.967. The summed E-state index contributed by atoms with van der Waals surface area (Å²) in [6.07, 6.45) is 1.41. The molecule has 0 spiro atoms. The molecule has 0 saturated heterocycles. The van der Waals surface area contributed by atoms with Gasteiger partial charge >= 0.3 is 0 Å². The summed E-state index contributed by atoms with van der Waals surface area (Å²) in [5, 5.41) is 21.7. The van der Waals surface area contributed by atoms with Gasteiger partial charge in [-0.25, -0.2) is 0 Å². The molecule has 7 heteroatoms. The average molecular weight is 403 g/mol. The molecule has 0 heterocycles. The largest absolute Gasteiger partial charge is 0.504 e. The Bertz CT molecular complexity index is 855. The second-order valence-electron chi connectivity index (χ2n) is 4.90. The van der Waals surface area contributed by atoms with Gasteiger partial charge in [-0.1, -0.05) is 15.9 Å². The zero-order chi connectivity index (χ0) is 18.4. The van der Waals surface area contributed by atoms with Crippen LogP contribution >= 0.6 is 15.9 Å². The second-order valence-corrected chi connectivity index (χ2v) is 5.75. The molecule has 0 aliphatic carbocycles. The third kappa shape index (κ3) is 4.52. The first-order chi connectivity index (χ1) is 12.0. The number of amides is 1. The summed E-state index contributed by atoms with van der Waals surface area (Å²) in [4.78, 5) is 12.3. The number of nitriles is 1. The van der Waals surface area contributed by atoms with E-state index in [2.05, 4.69) is 21.2 Å². The summed E-state index contributed by atoms with van der Waals surface area (Å²) in [6.45, 7) is 0. The number of ether oxygens (including phenoxy) is 2. The van der Waals surface area contributed by atoms with Gasteiger partial charge in [0.05, 0.1) is 14.2 Å². The highest BCUT2D eigenvalue weighted by Crippen LogP contribution is 2.33. The number of phenolic OH excluding ortho intramolecular Hbond substituents is 1. The molecule has 25 heavy (non-hydrogen) atoms. The van der Waals surface area contributed by atoms with Crippen molar-refractivity contribution in [3.05, 3.63) is 52.0 Å². The van der Waals surface area contributed by atoms with Crippen LogP contribution in [0.3, 0.4) is 0 Å². The van der Waals surface area contributed by atoms with Crippen LogP contribution in [-0.4, -0.2) is 25.2 Å². The molecule has 128 valence electrons. The summed E-state index contributed by atoms with van der Waals surface area (Å²) in [6, 6.07) is 11.6. The number of phenols is 1. The highest BCUT2D eigenvalue weighted by atomic mass is 79.9. The minimum atomic E-state index is -0.549. The van der Waals surface area contributed by atoms with Crippen LogP contribution in [0.15, 0.2) is 46.4 Å². The fraction of sp³-hybridized carbons (Fsp3) is 0.111. The zero-order valence-corrected chi connectivity index (χ0v) is 15.1. The van der Waals surface area contributed by atoms with Gasteiger partial charge in [0.15, 0.2) is 11.5 Å². The van der Waals surface area contributed by atoms with E-state index in [9.17, 15) is 15.2 Å². The predicted octanol–water partition coefficient (Wildman–Crippen LogP) is 3.72. The Balaban J connectivity index is 2.27. The molecule has 0 atom stereocenters. The van der Waals surface area contributed by atoms with E-state index in [0.717, 1.165) is 0 Å². The molecule has 0 saturated carbocycles. The van der Waals surface area contributed by atoms with Gasteiger partial charge in [0.1, 0.15) is 17.4 Å². The third-order valence-electron chi connectivity index (χ3n) is 3.31. The van der Waals surface area contributed by atoms with Crippen molar-refractivity contribution in [3.63, 3.8) is 0 Å². The Hall–Kier alpha value is -2.98. The number of hydrogen-bond donors (Lipinski definition) is 2. The minimum absolute atomic E-state index is 0.0484. The van der Waals surface area contributed by atoms with E-state index in [4.69, 9.17) is 9.47 Å². The maximum absolute atomic E-state index is 12.3. The molecule has 1 amide bonds. The van der Waals surface area contributed by atoms with Crippen LogP contribution in [0.2, 0.25) is 0 Å². The maximum Gasteiger partial charge on any atom is 0.266 e. The van der Waals surface area contributed by atoms with Crippen LogP contribution < -0.4 is 14.8 Å². The highest BCUT2D eigenvalue weighted by molar-refractivity contribution is 9.10. The van der Waals surface area contributed by atoms with E-state index in [-0.39, 0.29) is 17.1 Å². The van der Waals surface area contributed by atoms with E-state index in [1.54, 1.807) is 31.4 Å². The van der Waals surface area contributed by atoms with Crippen LogP contribution in [0.25, 0.3) is 6.08 Å². The molecule has 0 fully saturated rings. The SMILES string of the molecule is COc1ccc(NC(=O)C(C#N)=Cc2cc(OC)c(O)cc2Br)cc1. The molecule has 0 radical (unpaired) electrons. The Morgan fingerprint density at radius 3 is 2.48 bits per heavy atom. The molecule has 0 aliphatic rings. The van der Waals surface area contributed by atoms with Crippen LogP contribution in [-0.2, 0) is 4.79 Å². The van der Waals surface area contributed by atoms with Crippen molar-refractivity contribution in [1.29, 1.82) is 5.26 Å². The molecule has 0 aliphatic heterocycles. The third-order valence-corrected chi connectivity index (χ3v) is 4.00. The maximum atomic E-state index is 12.3. The Labute approximate surface area is 153 Å². The standard InChI is InChI=1S/C18H15BrN2O4/c1-24-14-5-3-13(4-6-14)21-18(23)12(10-20)7-11-8-17(25-2)16(22)9-15(11)19/h3-9,22H,1-2H3,(H,21,23). The summed E-state index contributed by atoms with van der Waals surface area (Å²) in [7, 11) is 2.96. The number of carbonyl (C=O) groups is 1. The number of nitrogens with zero attached hydrogens (tertiary/aromatic N) is 1. The van der Waals surface area contributed by atoms with Crippen molar-refractivity contribution in [1.82, 2.24) is 0 Å². The highest BCUT2D eigenvalue weighted by Gasteiger charge is 2.13. The molecule has 2 aromatic rings. The van der Waals surface area contributed by atoms with Crippen molar-refractivity contribution >= 4 is 33.6 Å². The predicted molar refractivity (Wildman–Crippen MR) is 97.6 cm³/mol. The lowest BCUT2D eigenvalue weighted by Gasteiger charge is -2.08. The lowest BCUT2D eigenvalue weighted by Crippen LogP contribution is -2.13. The van der Waals surface area contributed by atoms with E-state index in [0.29, 0.717) is 21.5 Å². The fourth-order valence-electron chi connectivity index (χ4n) is 2.01. The molecular weight excluding hydrogens is 388 g/mol. The monoisotopic (exact) mass is 402 g/mol.